The first-order valence-corrected chi connectivity index (χ1v) is 13.2. The van der Waals surface area contributed by atoms with Gasteiger partial charge in [-0.25, -0.2) is 14.8 Å². The van der Waals surface area contributed by atoms with E-state index >= 15 is 0 Å². The Morgan fingerprint density at radius 3 is 2.81 bits per heavy atom. The highest BCUT2D eigenvalue weighted by Crippen LogP contribution is 2.20. The molecule has 1 aliphatic rings. The number of nitrogens with zero attached hydrogens (tertiary/aromatic N) is 4. The van der Waals surface area contributed by atoms with Gasteiger partial charge in [0.1, 0.15) is 17.7 Å². The van der Waals surface area contributed by atoms with Gasteiger partial charge in [-0.15, -0.1) is 0 Å². The first-order valence-electron chi connectivity index (χ1n) is 13.2. The SMILES string of the molecule is CO[C@H](C)CN(CCCCc1ccc2c(n1)NCCC2)CC[C@H](Nc1cnc2ccccc2n1)C(=O)O. The summed E-state index contributed by atoms with van der Waals surface area (Å²) in [6.07, 6.45) is 7.32. The van der Waals surface area contributed by atoms with Gasteiger partial charge in [-0.1, -0.05) is 18.2 Å². The Labute approximate surface area is 218 Å². The van der Waals surface area contributed by atoms with Crippen molar-refractivity contribution in [1.82, 2.24) is 19.9 Å². The van der Waals surface area contributed by atoms with Gasteiger partial charge in [-0.05, 0) is 75.8 Å². The van der Waals surface area contributed by atoms with E-state index in [0.717, 1.165) is 74.3 Å². The highest BCUT2D eigenvalue weighted by molar-refractivity contribution is 5.78. The third kappa shape index (κ3) is 7.84. The summed E-state index contributed by atoms with van der Waals surface area (Å²) in [6, 6.07) is 11.1. The number of methoxy groups -OCH3 is 1. The van der Waals surface area contributed by atoms with E-state index in [9.17, 15) is 9.90 Å². The molecule has 0 spiro atoms. The molecule has 0 radical (unpaired) electrons. The smallest absolute Gasteiger partial charge is 0.326 e. The number of rotatable bonds is 14. The molecule has 37 heavy (non-hydrogen) atoms. The second-order valence-corrected chi connectivity index (χ2v) is 9.71. The van der Waals surface area contributed by atoms with Crippen LogP contribution in [0.1, 0.15) is 43.9 Å². The molecule has 0 saturated carbocycles. The zero-order chi connectivity index (χ0) is 26.0. The van der Waals surface area contributed by atoms with Crippen molar-refractivity contribution in [3.05, 3.63) is 53.9 Å². The number of nitrogens with one attached hydrogen (secondary N) is 2. The summed E-state index contributed by atoms with van der Waals surface area (Å²) in [7, 11) is 1.71. The third-order valence-corrected chi connectivity index (χ3v) is 6.83. The van der Waals surface area contributed by atoms with Gasteiger partial charge in [0, 0.05) is 32.4 Å². The summed E-state index contributed by atoms with van der Waals surface area (Å²) < 4.78 is 5.49. The van der Waals surface area contributed by atoms with Crippen LogP contribution < -0.4 is 10.6 Å². The number of benzene rings is 1. The van der Waals surface area contributed by atoms with Gasteiger partial charge in [0.15, 0.2) is 0 Å². The molecule has 1 aliphatic heterocycles. The number of aromatic nitrogens is 3. The van der Waals surface area contributed by atoms with Crippen molar-refractivity contribution in [2.24, 2.45) is 0 Å². The molecule has 0 saturated heterocycles. The van der Waals surface area contributed by atoms with Crippen molar-refractivity contribution < 1.29 is 14.6 Å². The van der Waals surface area contributed by atoms with Gasteiger partial charge < -0.3 is 25.4 Å². The molecule has 9 heteroatoms. The Bertz CT molecular complexity index is 1170. The number of unbranched alkanes of at least 4 members (excludes halogenated alkanes) is 1. The number of aliphatic carboxylic acids is 1. The summed E-state index contributed by atoms with van der Waals surface area (Å²) in [4.78, 5) is 28.0. The first kappa shape index (κ1) is 26.8. The molecule has 4 rings (SSSR count). The lowest BCUT2D eigenvalue weighted by atomic mass is 10.1. The van der Waals surface area contributed by atoms with Crippen LogP contribution in [0.4, 0.5) is 11.6 Å². The van der Waals surface area contributed by atoms with Crippen LogP contribution in [0.3, 0.4) is 0 Å². The van der Waals surface area contributed by atoms with E-state index < -0.39 is 12.0 Å². The standard InChI is InChI=1S/C28H38N6O3/c1-20(37-2)19-34(16-6-5-9-22-13-12-21-8-7-15-29-27(21)31-22)17-14-25(28(35)36)33-26-18-30-23-10-3-4-11-24(23)32-26/h3-4,10-13,18,20,25H,5-9,14-17,19H2,1-2H3,(H,29,31)(H,32,33)(H,35,36)/t20-,25+/m1/s1. The molecule has 1 aromatic carbocycles. The summed E-state index contributed by atoms with van der Waals surface area (Å²) in [6.45, 7) is 5.29. The van der Waals surface area contributed by atoms with Gasteiger partial charge in [0.2, 0.25) is 0 Å². The summed E-state index contributed by atoms with van der Waals surface area (Å²) in [5.74, 6) is 0.611. The normalized spacial score (nSPS) is 14.7. The quantitative estimate of drug-likeness (QED) is 0.279. The average Bonchev–Trinajstić information content (AvgIpc) is 2.92. The number of ether oxygens (including phenoxy) is 1. The van der Waals surface area contributed by atoms with E-state index in [4.69, 9.17) is 9.72 Å². The van der Waals surface area contributed by atoms with Crippen LogP contribution in [0.2, 0.25) is 0 Å². The molecule has 3 N–H and O–H groups in total. The van der Waals surface area contributed by atoms with Gasteiger partial charge >= 0.3 is 5.97 Å². The van der Waals surface area contributed by atoms with Crippen LogP contribution in [0, 0.1) is 0 Å². The fourth-order valence-corrected chi connectivity index (χ4v) is 4.66. The van der Waals surface area contributed by atoms with Crippen LogP contribution in [0.5, 0.6) is 0 Å². The summed E-state index contributed by atoms with van der Waals surface area (Å²) in [5, 5.41) is 16.3. The van der Waals surface area contributed by atoms with Crippen LogP contribution in [0.25, 0.3) is 11.0 Å². The molecule has 0 unspecified atom stereocenters. The number of fused-ring (bicyclic) bond motifs is 2. The second kappa shape index (κ2) is 13.3. The zero-order valence-corrected chi connectivity index (χ0v) is 21.8. The summed E-state index contributed by atoms with van der Waals surface area (Å²) in [5.41, 5.74) is 3.94. The van der Waals surface area contributed by atoms with Crippen LogP contribution in [-0.2, 0) is 22.4 Å². The predicted octanol–water partition coefficient (Wildman–Crippen LogP) is 4.00. The molecule has 2 aromatic heterocycles. The highest BCUT2D eigenvalue weighted by Gasteiger charge is 2.20. The van der Waals surface area contributed by atoms with E-state index in [2.05, 4.69) is 37.6 Å². The largest absolute Gasteiger partial charge is 0.480 e. The number of carbonyl (C=O) groups is 1. The lowest BCUT2D eigenvalue weighted by Gasteiger charge is -2.26. The minimum Gasteiger partial charge on any atom is -0.480 e. The Balaban J connectivity index is 1.30. The molecule has 3 heterocycles. The number of pyridine rings is 1. The Morgan fingerprint density at radius 1 is 1.16 bits per heavy atom. The minimum atomic E-state index is -0.901. The predicted molar refractivity (Wildman–Crippen MR) is 146 cm³/mol. The zero-order valence-electron chi connectivity index (χ0n) is 21.8. The van der Waals surface area contributed by atoms with Crippen molar-refractivity contribution in [3.8, 4) is 0 Å². The lowest BCUT2D eigenvalue weighted by Crippen LogP contribution is -2.38. The van der Waals surface area contributed by atoms with Crippen molar-refractivity contribution in [2.45, 2.75) is 57.6 Å². The first-order chi connectivity index (χ1) is 18.0. The number of carboxylic acids is 1. The molecule has 2 atom stereocenters. The Kier molecular flexibility index (Phi) is 9.62. The topological polar surface area (TPSA) is 113 Å². The number of hydrogen-bond acceptors (Lipinski definition) is 8. The van der Waals surface area contributed by atoms with Crippen LogP contribution in [-0.4, -0.2) is 76.4 Å². The molecule has 9 nitrogen and oxygen atoms in total. The molecular formula is C28H38N6O3. The number of hydrogen-bond donors (Lipinski definition) is 3. The van der Waals surface area contributed by atoms with Gasteiger partial charge in [-0.2, -0.15) is 0 Å². The molecule has 3 aromatic rings. The minimum absolute atomic E-state index is 0.0657. The average molecular weight is 507 g/mol. The second-order valence-electron chi connectivity index (χ2n) is 9.71. The van der Waals surface area contributed by atoms with E-state index in [1.54, 1.807) is 13.3 Å². The maximum Gasteiger partial charge on any atom is 0.326 e. The number of para-hydroxylation sites is 2. The molecule has 0 fully saturated rings. The number of anilines is 2. The van der Waals surface area contributed by atoms with Crippen molar-refractivity contribution in [3.63, 3.8) is 0 Å². The third-order valence-electron chi connectivity index (χ3n) is 6.83. The van der Waals surface area contributed by atoms with E-state index in [1.165, 1.54) is 5.56 Å². The molecule has 0 bridgehead atoms. The van der Waals surface area contributed by atoms with Crippen molar-refractivity contribution in [1.29, 1.82) is 0 Å². The molecule has 0 aliphatic carbocycles. The van der Waals surface area contributed by atoms with Crippen molar-refractivity contribution >= 4 is 28.6 Å². The maximum absolute atomic E-state index is 12.0. The van der Waals surface area contributed by atoms with Gasteiger partial charge in [0.25, 0.3) is 0 Å². The van der Waals surface area contributed by atoms with E-state index in [0.29, 0.717) is 18.8 Å². The van der Waals surface area contributed by atoms with Crippen molar-refractivity contribution in [2.75, 3.05) is 43.9 Å². The van der Waals surface area contributed by atoms with E-state index in [1.807, 2.05) is 31.2 Å². The van der Waals surface area contributed by atoms with Crippen LogP contribution >= 0.6 is 0 Å². The molecule has 198 valence electrons. The summed E-state index contributed by atoms with van der Waals surface area (Å²) >= 11 is 0. The maximum atomic E-state index is 12.0. The Hall–Kier alpha value is -3.30. The monoisotopic (exact) mass is 506 g/mol. The highest BCUT2D eigenvalue weighted by atomic mass is 16.5. The Morgan fingerprint density at radius 2 is 2.00 bits per heavy atom. The molecule has 0 amide bonds. The molecular weight excluding hydrogens is 468 g/mol. The van der Waals surface area contributed by atoms with Crippen LogP contribution in [0.15, 0.2) is 42.6 Å². The fraction of sp³-hybridized carbons (Fsp3) is 0.500. The lowest BCUT2D eigenvalue weighted by molar-refractivity contribution is -0.138. The van der Waals surface area contributed by atoms with Gasteiger partial charge in [0.05, 0.1) is 23.3 Å². The van der Waals surface area contributed by atoms with Gasteiger partial charge in [-0.3, -0.25) is 4.98 Å². The number of carboxylic acid groups (broad SMARTS) is 1. The fourth-order valence-electron chi connectivity index (χ4n) is 4.66. The van der Waals surface area contributed by atoms with E-state index in [-0.39, 0.29) is 6.10 Å². The number of aryl methyl sites for hydroxylation is 2.